The second kappa shape index (κ2) is 5.70. The summed E-state index contributed by atoms with van der Waals surface area (Å²) in [6.07, 6.45) is 0. The minimum absolute atomic E-state index is 0.0521. The van der Waals surface area contributed by atoms with E-state index in [1.807, 2.05) is 30.3 Å². The van der Waals surface area contributed by atoms with Gasteiger partial charge in [0.15, 0.2) is 5.82 Å². The molecular weight excluding hydrogens is 228 g/mol. The van der Waals surface area contributed by atoms with Crippen LogP contribution in [0.15, 0.2) is 30.3 Å². The van der Waals surface area contributed by atoms with Gasteiger partial charge in [-0.3, -0.25) is 5.84 Å². The van der Waals surface area contributed by atoms with Crippen LogP contribution < -0.4 is 11.3 Å². The van der Waals surface area contributed by atoms with Crippen molar-refractivity contribution in [3.05, 3.63) is 41.7 Å². The Hall–Kier alpha value is -1.79. The fraction of sp³-hybridized carbons (Fsp3) is 0.417. The van der Waals surface area contributed by atoms with Gasteiger partial charge >= 0.3 is 0 Å². The van der Waals surface area contributed by atoms with Gasteiger partial charge in [-0.1, -0.05) is 44.2 Å². The third kappa shape index (κ3) is 2.72. The van der Waals surface area contributed by atoms with Crippen molar-refractivity contribution >= 4 is 0 Å². The van der Waals surface area contributed by atoms with Crippen LogP contribution in [0.5, 0.6) is 0 Å². The molecule has 1 unspecified atom stereocenters. The maximum atomic E-state index is 5.57. The van der Waals surface area contributed by atoms with Crippen LogP contribution in [0.1, 0.15) is 31.3 Å². The van der Waals surface area contributed by atoms with Crippen molar-refractivity contribution in [2.75, 3.05) is 0 Å². The number of hydrazine groups is 1. The van der Waals surface area contributed by atoms with Gasteiger partial charge in [-0.05, 0) is 21.9 Å². The number of nitrogens with zero attached hydrogens (tertiary/aromatic N) is 4. The molecule has 0 aliphatic heterocycles. The van der Waals surface area contributed by atoms with Gasteiger partial charge in [0.05, 0.1) is 12.6 Å². The molecule has 6 nitrogen and oxygen atoms in total. The summed E-state index contributed by atoms with van der Waals surface area (Å²) in [5, 5.41) is 11.8. The minimum atomic E-state index is -0.0521. The maximum absolute atomic E-state index is 5.57. The van der Waals surface area contributed by atoms with Crippen LogP contribution in [-0.2, 0) is 6.54 Å². The molecule has 0 amide bonds. The fourth-order valence-electron chi connectivity index (χ4n) is 1.87. The smallest absolute Gasteiger partial charge is 0.170 e. The van der Waals surface area contributed by atoms with Gasteiger partial charge in [-0.15, -0.1) is 5.10 Å². The number of rotatable bonds is 5. The first-order chi connectivity index (χ1) is 8.72. The Bertz CT molecular complexity index is 478. The zero-order valence-corrected chi connectivity index (χ0v) is 10.6. The van der Waals surface area contributed by atoms with E-state index in [1.165, 1.54) is 0 Å². The number of nitrogens with two attached hydrogens (primary N) is 1. The lowest BCUT2D eigenvalue weighted by Crippen LogP contribution is -2.34. The summed E-state index contributed by atoms with van der Waals surface area (Å²) in [5.74, 6) is 6.64. The highest BCUT2D eigenvalue weighted by Crippen LogP contribution is 2.18. The summed E-state index contributed by atoms with van der Waals surface area (Å²) in [5.41, 5.74) is 3.92. The van der Waals surface area contributed by atoms with Crippen LogP contribution in [0.2, 0.25) is 0 Å². The molecule has 0 bridgehead atoms. The van der Waals surface area contributed by atoms with Gasteiger partial charge in [0.1, 0.15) is 0 Å². The van der Waals surface area contributed by atoms with E-state index in [-0.39, 0.29) is 6.04 Å². The van der Waals surface area contributed by atoms with Crippen molar-refractivity contribution in [3.8, 4) is 0 Å². The highest BCUT2D eigenvalue weighted by Gasteiger charge is 2.21. The van der Waals surface area contributed by atoms with E-state index < -0.39 is 0 Å². The number of aromatic nitrogens is 4. The van der Waals surface area contributed by atoms with E-state index in [0.717, 1.165) is 11.4 Å². The molecule has 1 aromatic carbocycles. The number of tetrazole rings is 1. The lowest BCUT2D eigenvalue weighted by Gasteiger charge is -2.18. The Balaban J connectivity index is 2.22. The molecule has 0 spiro atoms. The molecule has 0 aliphatic rings. The van der Waals surface area contributed by atoms with Crippen molar-refractivity contribution in [1.82, 2.24) is 25.6 Å². The molecule has 0 radical (unpaired) electrons. The van der Waals surface area contributed by atoms with Crippen LogP contribution in [-0.4, -0.2) is 20.2 Å². The van der Waals surface area contributed by atoms with Crippen molar-refractivity contribution in [2.24, 2.45) is 11.8 Å². The number of benzene rings is 1. The molecular formula is C12H18N6. The van der Waals surface area contributed by atoms with E-state index in [0.29, 0.717) is 12.5 Å². The van der Waals surface area contributed by atoms with E-state index in [2.05, 4.69) is 34.8 Å². The van der Waals surface area contributed by atoms with Crippen molar-refractivity contribution < 1.29 is 0 Å². The maximum Gasteiger partial charge on any atom is 0.170 e. The summed E-state index contributed by atoms with van der Waals surface area (Å²) < 4.78 is 1.78. The fourth-order valence-corrected chi connectivity index (χ4v) is 1.87. The molecule has 6 heteroatoms. The predicted molar refractivity (Wildman–Crippen MR) is 68.3 cm³/mol. The molecule has 0 saturated heterocycles. The minimum Gasteiger partial charge on any atom is -0.271 e. The summed E-state index contributed by atoms with van der Waals surface area (Å²) in [7, 11) is 0. The first-order valence-corrected chi connectivity index (χ1v) is 5.98. The normalized spacial score (nSPS) is 12.9. The Labute approximate surface area is 106 Å². The van der Waals surface area contributed by atoms with E-state index in [4.69, 9.17) is 5.84 Å². The highest BCUT2D eigenvalue weighted by atomic mass is 15.5. The Morgan fingerprint density at radius 2 is 2.00 bits per heavy atom. The summed E-state index contributed by atoms with van der Waals surface area (Å²) in [6, 6.07) is 10.0. The first kappa shape index (κ1) is 12.7. The zero-order valence-electron chi connectivity index (χ0n) is 10.6. The molecule has 1 aromatic heterocycles. The number of nitrogens with one attached hydrogen (secondary N) is 1. The van der Waals surface area contributed by atoms with E-state index in [1.54, 1.807) is 4.68 Å². The van der Waals surface area contributed by atoms with Crippen LogP contribution in [0, 0.1) is 5.92 Å². The zero-order chi connectivity index (χ0) is 13.0. The standard InChI is InChI=1S/C12H18N6/c1-9(2)11(14-13)12-15-16-17-18(12)8-10-6-4-3-5-7-10/h3-7,9,11,14H,8,13H2,1-2H3. The third-order valence-electron chi connectivity index (χ3n) is 2.86. The molecule has 96 valence electrons. The van der Waals surface area contributed by atoms with Crippen LogP contribution >= 0.6 is 0 Å². The Morgan fingerprint density at radius 1 is 1.28 bits per heavy atom. The Morgan fingerprint density at radius 3 is 2.61 bits per heavy atom. The summed E-state index contributed by atoms with van der Waals surface area (Å²) >= 11 is 0. The molecule has 0 aliphatic carbocycles. The highest BCUT2D eigenvalue weighted by molar-refractivity contribution is 5.15. The summed E-state index contributed by atoms with van der Waals surface area (Å²) in [4.78, 5) is 0. The lowest BCUT2D eigenvalue weighted by molar-refractivity contribution is 0.384. The molecule has 18 heavy (non-hydrogen) atoms. The predicted octanol–water partition coefficient (Wildman–Crippen LogP) is 0.882. The molecule has 1 atom stereocenters. The molecule has 0 saturated carbocycles. The average Bonchev–Trinajstić information content (AvgIpc) is 2.79. The quantitative estimate of drug-likeness (QED) is 0.604. The van der Waals surface area contributed by atoms with Crippen LogP contribution in [0.25, 0.3) is 0 Å². The van der Waals surface area contributed by atoms with Gasteiger partial charge in [0.25, 0.3) is 0 Å². The molecule has 0 fully saturated rings. The molecule has 1 heterocycles. The van der Waals surface area contributed by atoms with Gasteiger partial charge in [-0.25, -0.2) is 10.1 Å². The van der Waals surface area contributed by atoms with Crippen molar-refractivity contribution in [1.29, 1.82) is 0 Å². The molecule has 3 N–H and O–H groups in total. The topological polar surface area (TPSA) is 81.7 Å². The van der Waals surface area contributed by atoms with Crippen molar-refractivity contribution in [2.45, 2.75) is 26.4 Å². The van der Waals surface area contributed by atoms with E-state index >= 15 is 0 Å². The number of hydrogen-bond acceptors (Lipinski definition) is 5. The van der Waals surface area contributed by atoms with Gasteiger partial charge < -0.3 is 0 Å². The number of hydrogen-bond donors (Lipinski definition) is 2. The van der Waals surface area contributed by atoms with E-state index in [9.17, 15) is 0 Å². The summed E-state index contributed by atoms with van der Waals surface area (Å²) in [6.45, 7) is 4.80. The largest absolute Gasteiger partial charge is 0.271 e. The third-order valence-corrected chi connectivity index (χ3v) is 2.86. The average molecular weight is 246 g/mol. The van der Waals surface area contributed by atoms with Crippen LogP contribution in [0.3, 0.4) is 0 Å². The van der Waals surface area contributed by atoms with Gasteiger partial charge in [0.2, 0.25) is 0 Å². The first-order valence-electron chi connectivity index (χ1n) is 5.98. The van der Waals surface area contributed by atoms with Gasteiger partial charge in [-0.2, -0.15) is 0 Å². The monoisotopic (exact) mass is 246 g/mol. The SMILES string of the molecule is CC(C)C(NN)c1nnnn1Cc1ccccc1. The van der Waals surface area contributed by atoms with Gasteiger partial charge in [0, 0.05) is 0 Å². The Kier molecular flexibility index (Phi) is 4.01. The van der Waals surface area contributed by atoms with Crippen LogP contribution in [0.4, 0.5) is 0 Å². The lowest BCUT2D eigenvalue weighted by atomic mass is 10.0. The van der Waals surface area contributed by atoms with Crippen molar-refractivity contribution in [3.63, 3.8) is 0 Å². The molecule has 2 aromatic rings. The second-order valence-corrected chi connectivity index (χ2v) is 4.57. The second-order valence-electron chi connectivity index (χ2n) is 4.57. The molecule has 2 rings (SSSR count).